The fraction of sp³-hybridized carbons (Fsp3) is 0.250. The van der Waals surface area contributed by atoms with E-state index in [-0.39, 0.29) is 12.5 Å². The third-order valence-corrected chi connectivity index (χ3v) is 4.67. The number of nitrogens with zero attached hydrogens (tertiary/aromatic N) is 2. The molecule has 0 bridgehead atoms. The predicted molar refractivity (Wildman–Crippen MR) is 104 cm³/mol. The van der Waals surface area contributed by atoms with Gasteiger partial charge in [-0.05, 0) is 29.2 Å². The summed E-state index contributed by atoms with van der Waals surface area (Å²) in [6.45, 7) is 4.21. The zero-order chi connectivity index (χ0) is 18.4. The zero-order valence-corrected chi connectivity index (χ0v) is 15.6. The Bertz CT molecular complexity index is 845. The van der Waals surface area contributed by atoms with E-state index in [2.05, 4.69) is 29.4 Å². The molecule has 1 amide bonds. The molecule has 0 unspecified atom stereocenters. The highest BCUT2D eigenvalue weighted by Crippen LogP contribution is 2.20. The van der Waals surface area contributed by atoms with Crippen molar-refractivity contribution in [2.45, 2.75) is 26.2 Å². The van der Waals surface area contributed by atoms with Crippen LogP contribution in [-0.4, -0.2) is 22.7 Å². The lowest BCUT2D eigenvalue weighted by Crippen LogP contribution is -2.20. The molecule has 1 N–H and O–H groups in total. The minimum absolute atomic E-state index is 0.0609. The Labute approximate surface area is 157 Å². The monoisotopic (exact) mass is 367 g/mol. The average Bonchev–Trinajstić information content (AvgIpc) is 3.08. The van der Waals surface area contributed by atoms with Gasteiger partial charge < -0.3 is 4.74 Å². The van der Waals surface area contributed by atoms with Crippen molar-refractivity contribution < 1.29 is 9.53 Å². The Balaban J connectivity index is 1.49. The van der Waals surface area contributed by atoms with Crippen LogP contribution < -0.4 is 10.1 Å². The predicted octanol–water partition coefficient (Wildman–Crippen LogP) is 4.27. The van der Waals surface area contributed by atoms with E-state index >= 15 is 0 Å². The number of hydrogen-bond donors (Lipinski definition) is 1. The molecule has 134 valence electrons. The number of anilines is 1. The zero-order valence-electron chi connectivity index (χ0n) is 14.8. The Morgan fingerprint density at radius 2 is 1.81 bits per heavy atom. The van der Waals surface area contributed by atoms with Crippen LogP contribution in [-0.2, 0) is 11.2 Å². The van der Waals surface area contributed by atoms with Crippen LogP contribution in [0.4, 0.5) is 5.13 Å². The van der Waals surface area contributed by atoms with Crippen LogP contribution in [0.15, 0.2) is 54.6 Å². The largest absolute Gasteiger partial charge is 0.484 e. The number of ether oxygens (including phenoxy) is 1. The molecule has 0 saturated heterocycles. The van der Waals surface area contributed by atoms with Crippen molar-refractivity contribution in [3.63, 3.8) is 0 Å². The Morgan fingerprint density at radius 1 is 1.08 bits per heavy atom. The molecule has 3 rings (SSSR count). The molecule has 0 atom stereocenters. The molecule has 0 fully saturated rings. The molecule has 0 aliphatic heterocycles. The summed E-state index contributed by atoms with van der Waals surface area (Å²) in [4.78, 5) is 12.0. The van der Waals surface area contributed by atoms with Crippen molar-refractivity contribution in [3.8, 4) is 5.75 Å². The molecule has 0 spiro atoms. The van der Waals surface area contributed by atoms with Gasteiger partial charge in [-0.3, -0.25) is 10.1 Å². The van der Waals surface area contributed by atoms with Crippen LogP contribution in [0.5, 0.6) is 5.75 Å². The van der Waals surface area contributed by atoms with E-state index in [0.717, 1.165) is 10.6 Å². The van der Waals surface area contributed by atoms with E-state index in [1.54, 1.807) is 0 Å². The van der Waals surface area contributed by atoms with Crippen LogP contribution in [0, 0.1) is 0 Å². The van der Waals surface area contributed by atoms with E-state index in [1.807, 2.05) is 54.6 Å². The average molecular weight is 367 g/mol. The minimum atomic E-state index is -0.250. The van der Waals surface area contributed by atoms with Gasteiger partial charge >= 0.3 is 0 Å². The van der Waals surface area contributed by atoms with Crippen molar-refractivity contribution in [3.05, 3.63) is 70.7 Å². The maximum absolute atomic E-state index is 12.0. The van der Waals surface area contributed by atoms with Gasteiger partial charge in [0.25, 0.3) is 5.91 Å². The quantitative estimate of drug-likeness (QED) is 0.677. The Hall–Kier alpha value is -2.73. The third kappa shape index (κ3) is 5.13. The molecule has 0 radical (unpaired) electrons. The van der Waals surface area contributed by atoms with Gasteiger partial charge in [-0.2, -0.15) is 0 Å². The number of carbonyl (C=O) groups is 1. The second-order valence-electron chi connectivity index (χ2n) is 6.22. The van der Waals surface area contributed by atoms with Crippen LogP contribution >= 0.6 is 11.3 Å². The molecule has 0 aliphatic carbocycles. The highest BCUT2D eigenvalue weighted by atomic mass is 32.1. The number of aromatic nitrogens is 2. The molecule has 3 aromatic rings. The summed E-state index contributed by atoms with van der Waals surface area (Å²) in [6, 6.07) is 17.8. The first-order chi connectivity index (χ1) is 12.6. The van der Waals surface area contributed by atoms with E-state index < -0.39 is 0 Å². The summed E-state index contributed by atoms with van der Waals surface area (Å²) in [6.07, 6.45) is 0.701. The molecule has 1 heterocycles. The standard InChI is InChI=1S/C20H21N3O2S/c1-14(2)16-8-10-17(11-9-16)25-13-18(24)21-20-23-22-19(26-20)12-15-6-4-3-5-7-15/h3-11,14H,12-13H2,1-2H3,(H,21,23,24). The number of nitrogens with one attached hydrogen (secondary N) is 1. The van der Waals surface area contributed by atoms with Gasteiger partial charge in [-0.15, -0.1) is 10.2 Å². The van der Waals surface area contributed by atoms with Crippen molar-refractivity contribution in [2.75, 3.05) is 11.9 Å². The summed E-state index contributed by atoms with van der Waals surface area (Å²) in [5.41, 5.74) is 2.40. The van der Waals surface area contributed by atoms with Crippen molar-refractivity contribution >= 4 is 22.4 Å². The van der Waals surface area contributed by atoms with Gasteiger partial charge in [0.2, 0.25) is 5.13 Å². The fourth-order valence-electron chi connectivity index (χ4n) is 2.40. The molecular formula is C20H21N3O2S. The highest BCUT2D eigenvalue weighted by molar-refractivity contribution is 7.15. The van der Waals surface area contributed by atoms with Crippen molar-refractivity contribution in [2.24, 2.45) is 0 Å². The van der Waals surface area contributed by atoms with Gasteiger partial charge in [-0.1, -0.05) is 67.6 Å². The second kappa shape index (κ2) is 8.58. The molecule has 0 saturated carbocycles. The second-order valence-corrected chi connectivity index (χ2v) is 7.29. The van der Waals surface area contributed by atoms with Crippen molar-refractivity contribution in [1.82, 2.24) is 10.2 Å². The summed E-state index contributed by atoms with van der Waals surface area (Å²) in [7, 11) is 0. The molecule has 1 aromatic heterocycles. The number of amides is 1. The first-order valence-corrected chi connectivity index (χ1v) is 9.30. The van der Waals surface area contributed by atoms with Crippen LogP contribution in [0.2, 0.25) is 0 Å². The van der Waals surface area contributed by atoms with Gasteiger partial charge in [-0.25, -0.2) is 0 Å². The van der Waals surface area contributed by atoms with Crippen molar-refractivity contribution in [1.29, 1.82) is 0 Å². The molecule has 2 aromatic carbocycles. The normalized spacial score (nSPS) is 10.7. The molecule has 5 nitrogen and oxygen atoms in total. The van der Waals surface area contributed by atoms with E-state index in [0.29, 0.717) is 23.2 Å². The van der Waals surface area contributed by atoms with Crippen LogP contribution in [0.1, 0.15) is 35.9 Å². The van der Waals surface area contributed by atoms with E-state index in [4.69, 9.17) is 4.74 Å². The topological polar surface area (TPSA) is 64.1 Å². The van der Waals surface area contributed by atoms with Gasteiger partial charge in [0.1, 0.15) is 10.8 Å². The van der Waals surface area contributed by atoms with Gasteiger partial charge in [0, 0.05) is 6.42 Å². The van der Waals surface area contributed by atoms with E-state index in [9.17, 15) is 4.79 Å². The molecule has 0 aliphatic rings. The molecular weight excluding hydrogens is 346 g/mol. The first kappa shape index (κ1) is 18.1. The van der Waals surface area contributed by atoms with Gasteiger partial charge in [0.15, 0.2) is 6.61 Å². The summed E-state index contributed by atoms with van der Waals surface area (Å²) in [5.74, 6) is 0.891. The highest BCUT2D eigenvalue weighted by Gasteiger charge is 2.10. The lowest BCUT2D eigenvalue weighted by molar-refractivity contribution is -0.118. The van der Waals surface area contributed by atoms with Gasteiger partial charge in [0.05, 0.1) is 0 Å². The van der Waals surface area contributed by atoms with Crippen LogP contribution in [0.3, 0.4) is 0 Å². The minimum Gasteiger partial charge on any atom is -0.484 e. The lowest BCUT2D eigenvalue weighted by atomic mass is 10.0. The molecule has 26 heavy (non-hydrogen) atoms. The third-order valence-electron chi connectivity index (χ3n) is 3.83. The number of benzene rings is 2. The maximum Gasteiger partial charge on any atom is 0.264 e. The summed E-state index contributed by atoms with van der Waals surface area (Å²) in [5, 5.41) is 12.2. The smallest absolute Gasteiger partial charge is 0.264 e. The first-order valence-electron chi connectivity index (χ1n) is 8.49. The number of carbonyl (C=O) groups excluding carboxylic acids is 1. The molecule has 6 heteroatoms. The number of hydrogen-bond acceptors (Lipinski definition) is 5. The number of rotatable bonds is 7. The maximum atomic E-state index is 12.0. The Kier molecular flexibility index (Phi) is 5.96. The summed E-state index contributed by atoms with van der Waals surface area (Å²) >= 11 is 1.37. The SMILES string of the molecule is CC(C)c1ccc(OCC(=O)Nc2nnc(Cc3ccccc3)s2)cc1. The lowest BCUT2D eigenvalue weighted by Gasteiger charge is -2.08. The van der Waals surface area contributed by atoms with Crippen LogP contribution in [0.25, 0.3) is 0 Å². The Morgan fingerprint density at radius 3 is 2.50 bits per heavy atom. The van der Waals surface area contributed by atoms with E-state index in [1.165, 1.54) is 16.9 Å². The summed E-state index contributed by atoms with van der Waals surface area (Å²) < 4.78 is 5.52. The fourth-order valence-corrected chi connectivity index (χ4v) is 3.19.